The Kier molecular flexibility index (Phi) is 5.52. The summed E-state index contributed by atoms with van der Waals surface area (Å²) in [6.45, 7) is 2.33. The zero-order valence-electron chi connectivity index (χ0n) is 10.9. The van der Waals surface area contributed by atoms with E-state index in [4.69, 9.17) is 9.52 Å². The molecule has 8 heteroatoms. The van der Waals surface area contributed by atoms with Crippen LogP contribution in [-0.4, -0.2) is 37.4 Å². The van der Waals surface area contributed by atoms with Crippen LogP contribution in [-0.2, 0) is 16.8 Å². The van der Waals surface area contributed by atoms with Gasteiger partial charge >= 0.3 is 5.97 Å². The van der Waals surface area contributed by atoms with E-state index < -0.39 is 16.2 Å². The number of furan rings is 1. The maximum Gasteiger partial charge on any atom is 0.371 e. The van der Waals surface area contributed by atoms with E-state index in [1.54, 1.807) is 0 Å². The smallest absolute Gasteiger partial charge is 0.371 e. The Bertz CT molecular complexity index is 523. The Labute approximate surface area is 112 Å². The topological polar surface area (TPSA) is 99.9 Å². The van der Waals surface area contributed by atoms with Gasteiger partial charge in [0.15, 0.2) is 0 Å². The molecule has 1 rings (SSSR count). The third-order valence-corrected chi connectivity index (χ3v) is 4.05. The molecule has 0 bridgehead atoms. The summed E-state index contributed by atoms with van der Waals surface area (Å²) in [6, 6.07) is 2.71. The van der Waals surface area contributed by atoms with Gasteiger partial charge in [-0.3, -0.25) is 0 Å². The summed E-state index contributed by atoms with van der Waals surface area (Å²) in [5.41, 5.74) is 0. The number of hydrogen-bond donors (Lipinski definition) is 2. The van der Waals surface area contributed by atoms with Gasteiger partial charge in [-0.2, -0.15) is 17.4 Å². The van der Waals surface area contributed by atoms with E-state index >= 15 is 0 Å². The van der Waals surface area contributed by atoms with Crippen LogP contribution in [0.1, 0.15) is 36.1 Å². The molecule has 1 heterocycles. The van der Waals surface area contributed by atoms with Gasteiger partial charge in [-0.1, -0.05) is 13.3 Å². The molecule has 1 aromatic heterocycles. The van der Waals surface area contributed by atoms with Crippen molar-refractivity contribution in [1.82, 2.24) is 9.03 Å². The van der Waals surface area contributed by atoms with E-state index in [-0.39, 0.29) is 18.1 Å². The molecule has 0 spiro atoms. The summed E-state index contributed by atoms with van der Waals surface area (Å²) in [5, 5.41) is 8.67. The number of carboxylic acid groups (broad SMARTS) is 1. The predicted molar refractivity (Wildman–Crippen MR) is 69.0 cm³/mol. The fourth-order valence-corrected chi connectivity index (χ4v) is 2.28. The van der Waals surface area contributed by atoms with E-state index in [0.717, 1.165) is 12.8 Å². The van der Waals surface area contributed by atoms with Gasteiger partial charge < -0.3 is 9.52 Å². The molecule has 0 unspecified atom stereocenters. The molecule has 0 saturated carbocycles. The predicted octanol–water partition coefficient (Wildman–Crippen LogP) is 1.04. The quantitative estimate of drug-likeness (QED) is 0.745. The molecular weight excluding hydrogens is 272 g/mol. The lowest BCUT2D eigenvalue weighted by Gasteiger charge is -2.16. The molecule has 19 heavy (non-hydrogen) atoms. The molecule has 0 amide bonds. The molecule has 0 fully saturated rings. The first-order valence-electron chi connectivity index (χ1n) is 5.89. The van der Waals surface area contributed by atoms with E-state index in [0.29, 0.717) is 6.54 Å². The van der Waals surface area contributed by atoms with Crippen LogP contribution in [0.15, 0.2) is 16.5 Å². The Balaban J connectivity index is 2.56. The van der Waals surface area contributed by atoms with Gasteiger partial charge in [0.05, 0.1) is 6.54 Å². The molecule has 0 atom stereocenters. The summed E-state index contributed by atoms with van der Waals surface area (Å²) in [5.74, 6) is -1.15. The third kappa shape index (κ3) is 4.66. The maximum absolute atomic E-state index is 11.8. The van der Waals surface area contributed by atoms with Crippen molar-refractivity contribution in [1.29, 1.82) is 0 Å². The lowest BCUT2D eigenvalue weighted by Crippen LogP contribution is -2.38. The van der Waals surface area contributed by atoms with Crippen molar-refractivity contribution in [3.8, 4) is 0 Å². The van der Waals surface area contributed by atoms with Crippen LogP contribution in [0, 0.1) is 0 Å². The molecule has 0 radical (unpaired) electrons. The first kappa shape index (κ1) is 15.7. The zero-order chi connectivity index (χ0) is 14.5. The second-order valence-electron chi connectivity index (χ2n) is 4.07. The monoisotopic (exact) mass is 290 g/mol. The molecule has 1 aromatic rings. The minimum atomic E-state index is -3.57. The van der Waals surface area contributed by atoms with Gasteiger partial charge in [-0.15, -0.1) is 0 Å². The largest absolute Gasteiger partial charge is 0.475 e. The summed E-state index contributed by atoms with van der Waals surface area (Å²) < 4.78 is 32.1. The van der Waals surface area contributed by atoms with Crippen molar-refractivity contribution in [2.75, 3.05) is 13.6 Å². The highest BCUT2D eigenvalue weighted by molar-refractivity contribution is 7.87. The SMILES string of the molecule is CCCCN(C)S(=O)(=O)NCc1ccc(C(=O)O)o1. The highest BCUT2D eigenvalue weighted by Gasteiger charge is 2.17. The van der Waals surface area contributed by atoms with Crippen LogP contribution in [0.2, 0.25) is 0 Å². The van der Waals surface area contributed by atoms with E-state index in [1.165, 1.54) is 23.5 Å². The fourth-order valence-electron chi connectivity index (χ4n) is 1.36. The Morgan fingerprint density at radius 2 is 2.16 bits per heavy atom. The van der Waals surface area contributed by atoms with Crippen molar-refractivity contribution < 1.29 is 22.7 Å². The number of nitrogens with one attached hydrogen (secondary N) is 1. The van der Waals surface area contributed by atoms with Gasteiger partial charge in [0.25, 0.3) is 10.2 Å². The fraction of sp³-hybridized carbons (Fsp3) is 0.545. The summed E-state index contributed by atoms with van der Waals surface area (Å²) in [4.78, 5) is 10.6. The normalized spacial score (nSPS) is 11.9. The second kappa shape index (κ2) is 6.69. The Hall–Kier alpha value is -1.38. The highest BCUT2D eigenvalue weighted by Crippen LogP contribution is 2.08. The Morgan fingerprint density at radius 3 is 2.68 bits per heavy atom. The molecular formula is C11H18N2O5S. The Morgan fingerprint density at radius 1 is 1.47 bits per heavy atom. The van der Waals surface area contributed by atoms with Crippen LogP contribution in [0.25, 0.3) is 0 Å². The van der Waals surface area contributed by atoms with Gasteiger partial charge in [0, 0.05) is 13.6 Å². The lowest BCUT2D eigenvalue weighted by molar-refractivity contribution is 0.0660. The molecule has 7 nitrogen and oxygen atoms in total. The number of hydrogen-bond acceptors (Lipinski definition) is 4. The van der Waals surface area contributed by atoms with Gasteiger partial charge in [0.1, 0.15) is 5.76 Å². The molecule has 0 aliphatic heterocycles. The maximum atomic E-state index is 11.8. The molecule has 0 aromatic carbocycles. The van der Waals surface area contributed by atoms with Crippen molar-refractivity contribution in [2.24, 2.45) is 0 Å². The van der Waals surface area contributed by atoms with Crippen molar-refractivity contribution in [2.45, 2.75) is 26.3 Å². The average molecular weight is 290 g/mol. The molecule has 108 valence electrons. The van der Waals surface area contributed by atoms with E-state index in [2.05, 4.69) is 4.72 Å². The number of unbranched alkanes of at least 4 members (excludes halogenated alkanes) is 1. The summed E-state index contributed by atoms with van der Waals surface area (Å²) in [7, 11) is -2.08. The van der Waals surface area contributed by atoms with Gasteiger partial charge in [-0.25, -0.2) is 4.79 Å². The zero-order valence-corrected chi connectivity index (χ0v) is 11.7. The minimum Gasteiger partial charge on any atom is -0.475 e. The molecule has 2 N–H and O–H groups in total. The van der Waals surface area contributed by atoms with Crippen LogP contribution in [0.4, 0.5) is 0 Å². The molecule has 0 aliphatic carbocycles. The number of carboxylic acids is 1. The number of nitrogens with zero attached hydrogens (tertiary/aromatic N) is 1. The lowest BCUT2D eigenvalue weighted by atomic mass is 10.3. The highest BCUT2D eigenvalue weighted by atomic mass is 32.2. The van der Waals surface area contributed by atoms with Crippen molar-refractivity contribution in [3.63, 3.8) is 0 Å². The van der Waals surface area contributed by atoms with Crippen molar-refractivity contribution >= 4 is 16.2 Å². The standard InChI is InChI=1S/C11H18N2O5S/c1-3-4-7-13(2)19(16,17)12-8-9-5-6-10(18-9)11(14)15/h5-6,12H,3-4,7-8H2,1-2H3,(H,14,15). The average Bonchev–Trinajstić information content (AvgIpc) is 2.82. The van der Waals surface area contributed by atoms with Gasteiger partial charge in [0.2, 0.25) is 5.76 Å². The van der Waals surface area contributed by atoms with E-state index in [1.807, 2.05) is 6.92 Å². The summed E-state index contributed by atoms with van der Waals surface area (Å²) in [6.07, 6.45) is 1.68. The van der Waals surface area contributed by atoms with Crippen molar-refractivity contribution in [3.05, 3.63) is 23.7 Å². The molecule has 0 aliphatic rings. The first-order chi connectivity index (χ1) is 8.86. The molecule has 0 saturated heterocycles. The minimum absolute atomic E-state index is 0.0773. The van der Waals surface area contributed by atoms with Gasteiger partial charge in [-0.05, 0) is 18.6 Å². The van der Waals surface area contributed by atoms with Crippen LogP contribution in [0.5, 0.6) is 0 Å². The third-order valence-electron chi connectivity index (χ3n) is 2.54. The second-order valence-corrected chi connectivity index (χ2v) is 5.93. The number of rotatable bonds is 8. The van der Waals surface area contributed by atoms with Crippen LogP contribution < -0.4 is 4.72 Å². The van der Waals surface area contributed by atoms with E-state index in [9.17, 15) is 13.2 Å². The summed E-state index contributed by atoms with van der Waals surface area (Å²) >= 11 is 0. The number of aromatic carboxylic acids is 1. The first-order valence-corrected chi connectivity index (χ1v) is 7.33. The van der Waals surface area contributed by atoms with Crippen LogP contribution in [0.3, 0.4) is 0 Å². The number of carbonyl (C=O) groups is 1. The van der Waals surface area contributed by atoms with Crippen LogP contribution >= 0.6 is 0 Å².